The van der Waals surface area contributed by atoms with E-state index in [1.165, 1.54) is 6.41 Å². The average Bonchev–Trinajstić information content (AvgIpc) is 1.97. The highest BCUT2D eigenvalue weighted by atomic mass is 16.1. The molecule has 0 aliphatic rings. The number of hydrogen-bond donors (Lipinski definition) is 1. The van der Waals surface area contributed by atoms with E-state index in [2.05, 4.69) is 5.32 Å². The summed E-state index contributed by atoms with van der Waals surface area (Å²) < 4.78 is 0. The third kappa shape index (κ3) is 5.28. The standard InChI is InChI=1S/C7H12NO2/c1-2-3-4-7(10)5-8-6-9/h2-5H2,1H3,(H,8,9). The van der Waals surface area contributed by atoms with Crippen LogP contribution in [0, 0.1) is 0 Å². The fourth-order valence-corrected chi connectivity index (χ4v) is 0.597. The van der Waals surface area contributed by atoms with E-state index in [1.807, 2.05) is 6.92 Å². The molecule has 0 rings (SSSR count). The molecule has 0 atom stereocenters. The normalized spacial score (nSPS) is 8.90. The number of Topliss-reactive ketones (excluding diaryl/α,β-unsaturated/α-hetero) is 1. The molecule has 0 aromatic rings. The van der Waals surface area contributed by atoms with Crippen molar-refractivity contribution in [3.8, 4) is 0 Å². The van der Waals surface area contributed by atoms with Gasteiger partial charge in [0.25, 0.3) is 0 Å². The lowest BCUT2D eigenvalue weighted by atomic mass is 10.2. The smallest absolute Gasteiger partial charge is 0.309 e. The summed E-state index contributed by atoms with van der Waals surface area (Å²) in [5.41, 5.74) is 0. The van der Waals surface area contributed by atoms with Gasteiger partial charge in [-0.3, -0.25) is 9.59 Å². The molecule has 3 nitrogen and oxygen atoms in total. The van der Waals surface area contributed by atoms with Crippen LogP contribution < -0.4 is 5.32 Å². The molecule has 0 aliphatic carbocycles. The fraction of sp³-hybridized carbons (Fsp3) is 0.714. The highest BCUT2D eigenvalue weighted by Crippen LogP contribution is 1.93. The van der Waals surface area contributed by atoms with Gasteiger partial charge in [-0.05, 0) is 6.42 Å². The molecule has 1 N–H and O–H groups in total. The van der Waals surface area contributed by atoms with Crippen LogP contribution in [-0.2, 0) is 9.59 Å². The summed E-state index contributed by atoms with van der Waals surface area (Å²) in [5.74, 6) is 0.0743. The van der Waals surface area contributed by atoms with Crippen molar-refractivity contribution >= 4 is 12.2 Å². The van der Waals surface area contributed by atoms with Gasteiger partial charge in [-0.15, -0.1) is 0 Å². The first-order valence-corrected chi connectivity index (χ1v) is 3.43. The molecule has 0 spiro atoms. The zero-order chi connectivity index (χ0) is 7.82. The molecule has 1 amide bonds. The lowest BCUT2D eigenvalue weighted by Gasteiger charge is -1.95. The second-order valence-electron chi connectivity index (χ2n) is 2.10. The Bertz CT molecular complexity index is 112. The Morgan fingerprint density at radius 3 is 2.80 bits per heavy atom. The quantitative estimate of drug-likeness (QED) is 0.546. The first kappa shape index (κ1) is 9.14. The summed E-state index contributed by atoms with van der Waals surface area (Å²) in [6.07, 6.45) is 3.93. The minimum absolute atomic E-state index is 0.0743. The number of hydrogen-bond acceptors (Lipinski definition) is 2. The third-order valence-electron chi connectivity index (χ3n) is 1.17. The van der Waals surface area contributed by atoms with Crippen molar-refractivity contribution in [2.24, 2.45) is 0 Å². The van der Waals surface area contributed by atoms with Crippen LogP contribution in [-0.4, -0.2) is 18.7 Å². The molecule has 57 valence electrons. The van der Waals surface area contributed by atoms with Crippen molar-refractivity contribution in [1.82, 2.24) is 5.32 Å². The van der Waals surface area contributed by atoms with Gasteiger partial charge in [0.1, 0.15) is 0 Å². The second-order valence-corrected chi connectivity index (χ2v) is 2.10. The van der Waals surface area contributed by atoms with Crippen LogP contribution in [0.2, 0.25) is 0 Å². The molecule has 0 aliphatic heterocycles. The van der Waals surface area contributed by atoms with Crippen LogP contribution >= 0.6 is 0 Å². The van der Waals surface area contributed by atoms with E-state index in [0.717, 1.165) is 12.8 Å². The summed E-state index contributed by atoms with van der Waals surface area (Å²) in [7, 11) is 0. The molecule has 3 heteroatoms. The summed E-state index contributed by atoms with van der Waals surface area (Å²) in [6, 6.07) is 0. The van der Waals surface area contributed by atoms with E-state index < -0.39 is 0 Å². The SMILES string of the molecule is CCCCC(=O)CN[C]=O. The Morgan fingerprint density at radius 2 is 2.30 bits per heavy atom. The second kappa shape index (κ2) is 6.26. The van der Waals surface area contributed by atoms with Crippen LogP contribution in [0.15, 0.2) is 0 Å². The van der Waals surface area contributed by atoms with Gasteiger partial charge >= 0.3 is 6.41 Å². The molecule has 1 radical (unpaired) electrons. The topological polar surface area (TPSA) is 46.2 Å². The van der Waals surface area contributed by atoms with Crippen molar-refractivity contribution < 1.29 is 9.59 Å². The molecular weight excluding hydrogens is 130 g/mol. The van der Waals surface area contributed by atoms with Crippen molar-refractivity contribution in [3.05, 3.63) is 0 Å². The van der Waals surface area contributed by atoms with Gasteiger partial charge < -0.3 is 5.32 Å². The van der Waals surface area contributed by atoms with Gasteiger partial charge in [0.2, 0.25) is 0 Å². The Morgan fingerprint density at radius 1 is 1.60 bits per heavy atom. The first-order chi connectivity index (χ1) is 4.81. The maximum atomic E-state index is 10.7. The average molecular weight is 142 g/mol. The lowest BCUT2D eigenvalue weighted by molar-refractivity contribution is -0.118. The Hall–Kier alpha value is -0.860. The van der Waals surface area contributed by atoms with E-state index in [1.54, 1.807) is 0 Å². The molecule has 0 aromatic carbocycles. The van der Waals surface area contributed by atoms with E-state index in [4.69, 9.17) is 0 Å². The van der Waals surface area contributed by atoms with Crippen molar-refractivity contribution in [1.29, 1.82) is 0 Å². The zero-order valence-corrected chi connectivity index (χ0v) is 6.14. The van der Waals surface area contributed by atoms with E-state index in [0.29, 0.717) is 6.42 Å². The highest BCUT2D eigenvalue weighted by Gasteiger charge is 1.97. The van der Waals surface area contributed by atoms with Crippen LogP contribution in [0.4, 0.5) is 0 Å². The van der Waals surface area contributed by atoms with E-state index in [9.17, 15) is 9.59 Å². The van der Waals surface area contributed by atoms with Gasteiger partial charge in [-0.1, -0.05) is 13.3 Å². The third-order valence-corrected chi connectivity index (χ3v) is 1.17. The summed E-state index contributed by atoms with van der Waals surface area (Å²) in [6.45, 7) is 2.15. The van der Waals surface area contributed by atoms with Crippen LogP contribution in [0.3, 0.4) is 0 Å². The van der Waals surface area contributed by atoms with Gasteiger partial charge in [-0.25, -0.2) is 0 Å². The number of unbranched alkanes of at least 4 members (excludes halogenated alkanes) is 1. The Balaban J connectivity index is 3.16. The van der Waals surface area contributed by atoms with Gasteiger partial charge in [0.05, 0.1) is 6.54 Å². The Kier molecular flexibility index (Phi) is 5.72. The number of carbonyl (C=O) groups is 1. The molecule has 0 aromatic heterocycles. The number of nitrogens with one attached hydrogen (secondary N) is 1. The largest absolute Gasteiger partial charge is 0.341 e. The Labute approximate surface area is 60.8 Å². The summed E-state index contributed by atoms with van der Waals surface area (Å²) in [5, 5.41) is 2.20. The minimum atomic E-state index is 0.0743. The molecule has 0 saturated heterocycles. The van der Waals surface area contributed by atoms with Crippen molar-refractivity contribution in [3.63, 3.8) is 0 Å². The number of ketones is 1. The maximum Gasteiger partial charge on any atom is 0.309 e. The molecule has 0 bridgehead atoms. The minimum Gasteiger partial charge on any atom is -0.341 e. The van der Waals surface area contributed by atoms with Crippen molar-refractivity contribution in [2.45, 2.75) is 26.2 Å². The number of rotatable bonds is 6. The molecule has 0 fully saturated rings. The molecule has 0 unspecified atom stereocenters. The molecule has 0 saturated carbocycles. The predicted molar refractivity (Wildman–Crippen MR) is 38.2 cm³/mol. The monoisotopic (exact) mass is 142 g/mol. The van der Waals surface area contributed by atoms with E-state index >= 15 is 0 Å². The van der Waals surface area contributed by atoms with Crippen LogP contribution in [0.1, 0.15) is 26.2 Å². The predicted octanol–water partition coefficient (Wildman–Crippen LogP) is 0.402. The maximum absolute atomic E-state index is 10.7. The fourth-order valence-electron chi connectivity index (χ4n) is 0.597. The molecule has 0 heterocycles. The number of amides is 1. The van der Waals surface area contributed by atoms with Gasteiger partial charge in [-0.2, -0.15) is 0 Å². The highest BCUT2D eigenvalue weighted by molar-refractivity contribution is 5.81. The number of carbonyl (C=O) groups excluding carboxylic acids is 2. The van der Waals surface area contributed by atoms with Crippen LogP contribution in [0.5, 0.6) is 0 Å². The van der Waals surface area contributed by atoms with Gasteiger partial charge in [0.15, 0.2) is 5.78 Å². The van der Waals surface area contributed by atoms with Gasteiger partial charge in [0, 0.05) is 6.42 Å². The molecule has 10 heavy (non-hydrogen) atoms. The summed E-state index contributed by atoms with van der Waals surface area (Å²) in [4.78, 5) is 20.3. The summed E-state index contributed by atoms with van der Waals surface area (Å²) >= 11 is 0. The van der Waals surface area contributed by atoms with Crippen LogP contribution in [0.25, 0.3) is 0 Å². The van der Waals surface area contributed by atoms with Crippen molar-refractivity contribution in [2.75, 3.05) is 6.54 Å². The zero-order valence-electron chi connectivity index (χ0n) is 6.14. The first-order valence-electron chi connectivity index (χ1n) is 3.43. The molecular formula is C7H12NO2. The lowest BCUT2D eigenvalue weighted by Crippen LogP contribution is -2.20. The van der Waals surface area contributed by atoms with E-state index in [-0.39, 0.29) is 12.3 Å².